The number of carbonyl (C=O) groups is 1. The number of fused-ring (bicyclic) bond motifs is 1. The quantitative estimate of drug-likeness (QED) is 0.848. The maximum absolute atomic E-state index is 10.8. The summed E-state index contributed by atoms with van der Waals surface area (Å²) >= 11 is 0. The van der Waals surface area contributed by atoms with Crippen molar-refractivity contribution in [2.45, 2.75) is 26.8 Å². The van der Waals surface area contributed by atoms with Crippen LogP contribution in [0.5, 0.6) is 0 Å². The van der Waals surface area contributed by atoms with Crippen LogP contribution in [0.1, 0.15) is 18.2 Å². The average molecular weight is 233 g/mol. The highest BCUT2D eigenvalue weighted by Gasteiger charge is 2.15. The molecule has 0 saturated heterocycles. The molecule has 0 fully saturated rings. The molecule has 0 saturated carbocycles. The smallest absolute Gasteiger partial charge is 0.325 e. The molecule has 0 aliphatic rings. The van der Waals surface area contributed by atoms with E-state index in [1.165, 1.54) is 0 Å². The number of nitrogens with zero attached hydrogens (tertiary/aromatic N) is 2. The second kappa shape index (κ2) is 4.08. The molecule has 5 heteroatoms. The molecule has 0 aromatic carbocycles. The first kappa shape index (κ1) is 11.4. The van der Waals surface area contributed by atoms with Crippen LogP contribution in [0.4, 0.5) is 5.82 Å². The first-order valence-electron chi connectivity index (χ1n) is 5.43. The molecule has 2 aromatic rings. The second-order valence-corrected chi connectivity index (χ2v) is 4.18. The minimum Gasteiger partial charge on any atom is -0.480 e. The summed E-state index contributed by atoms with van der Waals surface area (Å²) in [5, 5.41) is 11.8. The lowest BCUT2D eigenvalue weighted by Crippen LogP contribution is -2.26. The van der Waals surface area contributed by atoms with Crippen molar-refractivity contribution in [2.75, 3.05) is 5.32 Å². The molecule has 2 aromatic heterocycles. The Balaban J connectivity index is 2.46. The fourth-order valence-electron chi connectivity index (χ4n) is 1.70. The lowest BCUT2D eigenvalue weighted by molar-refractivity contribution is -0.137. The molecule has 0 amide bonds. The Morgan fingerprint density at radius 2 is 2.24 bits per heavy atom. The first-order valence-corrected chi connectivity index (χ1v) is 5.43. The number of imidazole rings is 1. The highest BCUT2D eigenvalue weighted by molar-refractivity contribution is 5.77. The standard InChI is InChI=1S/C12H15N3O2/c1-7-4-5-15-10(6-7)13-8(2)11(15)14-9(3)12(16)17/h4-6,9,14H,1-3H3,(H,16,17). The predicted molar refractivity (Wildman–Crippen MR) is 65.4 cm³/mol. The van der Waals surface area contributed by atoms with Gasteiger partial charge in [-0.2, -0.15) is 0 Å². The summed E-state index contributed by atoms with van der Waals surface area (Å²) in [7, 11) is 0. The van der Waals surface area contributed by atoms with Crippen molar-refractivity contribution in [1.29, 1.82) is 0 Å². The van der Waals surface area contributed by atoms with E-state index in [1.54, 1.807) is 6.92 Å². The SMILES string of the molecule is Cc1ccn2c(NC(C)C(=O)O)c(C)nc2c1. The number of aryl methyl sites for hydroxylation is 2. The van der Waals surface area contributed by atoms with Gasteiger partial charge in [-0.25, -0.2) is 4.98 Å². The van der Waals surface area contributed by atoms with E-state index in [2.05, 4.69) is 10.3 Å². The minimum atomic E-state index is -0.883. The highest BCUT2D eigenvalue weighted by Crippen LogP contribution is 2.19. The van der Waals surface area contributed by atoms with Crippen LogP contribution in [0, 0.1) is 13.8 Å². The van der Waals surface area contributed by atoms with Crippen LogP contribution < -0.4 is 5.32 Å². The summed E-state index contributed by atoms with van der Waals surface area (Å²) in [6, 6.07) is 3.28. The zero-order valence-corrected chi connectivity index (χ0v) is 10.1. The molecular weight excluding hydrogens is 218 g/mol. The van der Waals surface area contributed by atoms with Gasteiger partial charge in [0.2, 0.25) is 0 Å². The number of carboxylic acids is 1. The van der Waals surface area contributed by atoms with E-state index >= 15 is 0 Å². The van der Waals surface area contributed by atoms with Crippen molar-refractivity contribution >= 4 is 17.4 Å². The van der Waals surface area contributed by atoms with E-state index in [4.69, 9.17) is 5.11 Å². The first-order chi connectivity index (χ1) is 7.99. The van der Waals surface area contributed by atoms with Crippen LogP contribution in [-0.2, 0) is 4.79 Å². The van der Waals surface area contributed by atoms with E-state index < -0.39 is 12.0 Å². The third-order valence-electron chi connectivity index (χ3n) is 2.68. The van der Waals surface area contributed by atoms with Gasteiger partial charge >= 0.3 is 5.97 Å². The summed E-state index contributed by atoms with van der Waals surface area (Å²) in [4.78, 5) is 15.2. The van der Waals surface area contributed by atoms with Crippen molar-refractivity contribution < 1.29 is 9.90 Å². The van der Waals surface area contributed by atoms with E-state index in [0.29, 0.717) is 0 Å². The van der Waals surface area contributed by atoms with Gasteiger partial charge in [-0.15, -0.1) is 0 Å². The Kier molecular flexibility index (Phi) is 2.75. The average Bonchev–Trinajstić information content (AvgIpc) is 2.54. The number of aliphatic carboxylic acids is 1. The molecule has 1 unspecified atom stereocenters. The van der Waals surface area contributed by atoms with Crippen molar-refractivity contribution in [3.8, 4) is 0 Å². The third-order valence-corrected chi connectivity index (χ3v) is 2.68. The minimum absolute atomic E-state index is 0.644. The van der Waals surface area contributed by atoms with Crippen LogP contribution in [-0.4, -0.2) is 26.5 Å². The summed E-state index contributed by atoms with van der Waals surface area (Å²) in [5.74, 6) is -0.152. The maximum atomic E-state index is 10.8. The van der Waals surface area contributed by atoms with E-state index in [-0.39, 0.29) is 0 Å². The van der Waals surface area contributed by atoms with Crippen molar-refractivity contribution in [1.82, 2.24) is 9.38 Å². The van der Waals surface area contributed by atoms with Crippen LogP contribution in [0.15, 0.2) is 18.3 Å². The highest BCUT2D eigenvalue weighted by atomic mass is 16.4. The normalized spacial score (nSPS) is 12.6. The van der Waals surface area contributed by atoms with Gasteiger partial charge in [0.25, 0.3) is 0 Å². The molecule has 5 nitrogen and oxygen atoms in total. The van der Waals surface area contributed by atoms with Crippen molar-refractivity contribution in [3.05, 3.63) is 29.6 Å². The van der Waals surface area contributed by atoms with Crippen LogP contribution in [0.25, 0.3) is 5.65 Å². The van der Waals surface area contributed by atoms with E-state index in [0.717, 1.165) is 22.7 Å². The Morgan fingerprint density at radius 3 is 2.88 bits per heavy atom. The molecule has 0 bridgehead atoms. The van der Waals surface area contributed by atoms with Gasteiger partial charge in [0.1, 0.15) is 17.5 Å². The van der Waals surface area contributed by atoms with E-state index in [1.807, 2.05) is 36.6 Å². The fourth-order valence-corrected chi connectivity index (χ4v) is 1.70. The lowest BCUT2D eigenvalue weighted by atomic mass is 10.3. The van der Waals surface area contributed by atoms with E-state index in [9.17, 15) is 4.79 Å². The Bertz CT molecular complexity index is 574. The second-order valence-electron chi connectivity index (χ2n) is 4.18. The van der Waals surface area contributed by atoms with Gasteiger partial charge < -0.3 is 10.4 Å². The van der Waals surface area contributed by atoms with Crippen molar-refractivity contribution in [3.63, 3.8) is 0 Å². The van der Waals surface area contributed by atoms with Gasteiger partial charge in [-0.05, 0) is 38.5 Å². The molecule has 2 heterocycles. The Morgan fingerprint density at radius 1 is 1.53 bits per heavy atom. The Hall–Kier alpha value is -2.04. The zero-order chi connectivity index (χ0) is 12.6. The number of rotatable bonds is 3. The maximum Gasteiger partial charge on any atom is 0.325 e. The zero-order valence-electron chi connectivity index (χ0n) is 10.1. The topological polar surface area (TPSA) is 66.6 Å². The summed E-state index contributed by atoms with van der Waals surface area (Å²) in [5.41, 5.74) is 2.74. The molecule has 17 heavy (non-hydrogen) atoms. The molecule has 0 radical (unpaired) electrons. The lowest BCUT2D eigenvalue weighted by Gasteiger charge is -2.11. The number of anilines is 1. The molecule has 1 atom stereocenters. The molecule has 2 rings (SSSR count). The number of nitrogens with one attached hydrogen (secondary N) is 1. The molecule has 0 aliphatic heterocycles. The van der Waals surface area contributed by atoms with Gasteiger partial charge in [0.05, 0.1) is 5.69 Å². The van der Waals surface area contributed by atoms with Crippen LogP contribution in [0.2, 0.25) is 0 Å². The summed E-state index contributed by atoms with van der Waals surface area (Å²) in [6.45, 7) is 5.46. The summed E-state index contributed by atoms with van der Waals surface area (Å²) in [6.07, 6.45) is 1.89. The molecule has 0 aliphatic carbocycles. The number of pyridine rings is 1. The summed E-state index contributed by atoms with van der Waals surface area (Å²) < 4.78 is 1.86. The third kappa shape index (κ3) is 2.08. The molecular formula is C12H15N3O2. The van der Waals surface area contributed by atoms with Gasteiger partial charge in [0.15, 0.2) is 0 Å². The number of hydrogen-bond acceptors (Lipinski definition) is 3. The van der Waals surface area contributed by atoms with Crippen molar-refractivity contribution in [2.24, 2.45) is 0 Å². The molecule has 2 N–H and O–H groups in total. The van der Waals surface area contributed by atoms with Crippen LogP contribution in [0.3, 0.4) is 0 Å². The number of aromatic nitrogens is 2. The number of hydrogen-bond donors (Lipinski definition) is 2. The van der Waals surface area contributed by atoms with Gasteiger partial charge in [0, 0.05) is 6.20 Å². The monoisotopic (exact) mass is 233 g/mol. The Labute approximate surface area is 99.1 Å². The molecule has 0 spiro atoms. The van der Waals surface area contributed by atoms with Gasteiger partial charge in [-0.1, -0.05) is 0 Å². The predicted octanol–water partition coefficient (Wildman–Crippen LogP) is 1.84. The molecule has 90 valence electrons. The van der Waals surface area contributed by atoms with Gasteiger partial charge in [-0.3, -0.25) is 9.20 Å². The fraction of sp³-hybridized carbons (Fsp3) is 0.333. The number of carboxylic acid groups (broad SMARTS) is 1. The van der Waals surface area contributed by atoms with Crippen LogP contribution >= 0.6 is 0 Å². The largest absolute Gasteiger partial charge is 0.480 e.